The second-order valence-corrected chi connectivity index (χ2v) is 4.76. The van der Waals surface area contributed by atoms with E-state index in [1.165, 1.54) is 0 Å². The Morgan fingerprint density at radius 2 is 1.93 bits per heavy atom. The van der Waals surface area contributed by atoms with Crippen LogP contribution in [0.3, 0.4) is 0 Å². The first-order chi connectivity index (χ1) is 6.94. The molecular formula is C10H16FNO3. The fourth-order valence-corrected chi connectivity index (χ4v) is 2.92. The minimum absolute atomic E-state index is 0.131. The number of alkyl halides is 1. The van der Waals surface area contributed by atoms with E-state index in [-0.39, 0.29) is 24.9 Å². The van der Waals surface area contributed by atoms with Gasteiger partial charge in [-0.25, -0.2) is 9.18 Å². The summed E-state index contributed by atoms with van der Waals surface area (Å²) >= 11 is 0. The van der Waals surface area contributed by atoms with Gasteiger partial charge in [0.15, 0.2) is 0 Å². The van der Waals surface area contributed by atoms with Gasteiger partial charge in [-0.15, -0.1) is 0 Å². The number of piperidine rings is 1. The Hall–Kier alpha value is -0.680. The molecule has 3 atom stereocenters. The van der Waals surface area contributed by atoms with Crippen LogP contribution in [-0.4, -0.2) is 52.0 Å². The molecule has 2 fully saturated rings. The number of nitrogens with zero attached hydrogens (tertiary/aromatic N) is 1. The summed E-state index contributed by atoms with van der Waals surface area (Å²) in [5.74, 6) is -1.55. The molecule has 0 aliphatic carbocycles. The Morgan fingerprint density at radius 3 is 2.33 bits per heavy atom. The highest BCUT2D eigenvalue weighted by molar-refractivity contribution is 5.73. The third-order valence-electron chi connectivity index (χ3n) is 3.85. The topological polar surface area (TPSA) is 60.8 Å². The van der Waals surface area contributed by atoms with Gasteiger partial charge < -0.3 is 15.1 Å². The van der Waals surface area contributed by atoms with Crippen molar-refractivity contribution in [2.45, 2.75) is 49.5 Å². The van der Waals surface area contributed by atoms with Crippen molar-refractivity contribution in [1.29, 1.82) is 0 Å². The zero-order valence-electron chi connectivity index (χ0n) is 8.69. The molecule has 0 aromatic heterocycles. The maximum atomic E-state index is 13.4. The average molecular weight is 217 g/mol. The Balaban J connectivity index is 2.16. The summed E-state index contributed by atoms with van der Waals surface area (Å²) in [7, 11) is 1.95. The highest BCUT2D eigenvalue weighted by Gasteiger charge is 2.52. The molecule has 0 aromatic rings. The van der Waals surface area contributed by atoms with Gasteiger partial charge in [-0.2, -0.15) is 0 Å². The molecular weight excluding hydrogens is 201 g/mol. The molecule has 2 N–H and O–H groups in total. The minimum Gasteiger partial charge on any atom is -0.479 e. The molecule has 15 heavy (non-hydrogen) atoms. The van der Waals surface area contributed by atoms with E-state index in [0.717, 1.165) is 12.8 Å². The lowest BCUT2D eigenvalue weighted by Crippen LogP contribution is -2.55. The lowest BCUT2D eigenvalue weighted by molar-refractivity contribution is -0.161. The summed E-state index contributed by atoms with van der Waals surface area (Å²) in [4.78, 5) is 12.7. The highest BCUT2D eigenvalue weighted by atomic mass is 19.1. The average Bonchev–Trinajstić information content (AvgIpc) is 2.40. The molecule has 2 aliphatic heterocycles. The quantitative estimate of drug-likeness (QED) is 0.702. The maximum Gasteiger partial charge on any atom is 0.341 e. The van der Waals surface area contributed by atoms with Crippen molar-refractivity contribution < 1.29 is 19.4 Å². The van der Waals surface area contributed by atoms with Crippen LogP contribution in [0.25, 0.3) is 0 Å². The maximum absolute atomic E-state index is 13.4. The molecule has 0 saturated carbocycles. The van der Waals surface area contributed by atoms with E-state index in [2.05, 4.69) is 4.90 Å². The number of carboxylic acids is 1. The number of fused-ring (bicyclic) bond motifs is 2. The number of hydrogen-bond acceptors (Lipinski definition) is 3. The van der Waals surface area contributed by atoms with E-state index >= 15 is 0 Å². The van der Waals surface area contributed by atoms with Gasteiger partial charge in [0.05, 0.1) is 0 Å². The van der Waals surface area contributed by atoms with Gasteiger partial charge in [0.1, 0.15) is 5.60 Å². The second-order valence-electron chi connectivity index (χ2n) is 4.76. The van der Waals surface area contributed by atoms with Crippen LogP contribution in [0.15, 0.2) is 0 Å². The van der Waals surface area contributed by atoms with E-state index in [1.807, 2.05) is 7.05 Å². The van der Waals surface area contributed by atoms with Gasteiger partial charge in [-0.1, -0.05) is 0 Å². The number of aliphatic carboxylic acids is 1. The lowest BCUT2D eigenvalue weighted by atomic mass is 9.82. The molecule has 0 spiro atoms. The molecule has 4 nitrogen and oxygen atoms in total. The summed E-state index contributed by atoms with van der Waals surface area (Å²) in [5.41, 5.74) is -1.66. The summed E-state index contributed by atoms with van der Waals surface area (Å²) in [6, 6.07) is 0.262. The van der Waals surface area contributed by atoms with Crippen LogP contribution in [0.2, 0.25) is 0 Å². The van der Waals surface area contributed by atoms with Crippen molar-refractivity contribution in [3.63, 3.8) is 0 Å². The molecule has 2 rings (SSSR count). The van der Waals surface area contributed by atoms with Crippen LogP contribution in [0.1, 0.15) is 25.7 Å². The van der Waals surface area contributed by atoms with Crippen molar-refractivity contribution in [3.8, 4) is 0 Å². The molecule has 2 heterocycles. The van der Waals surface area contributed by atoms with Crippen molar-refractivity contribution >= 4 is 5.97 Å². The van der Waals surface area contributed by atoms with Crippen molar-refractivity contribution in [1.82, 2.24) is 4.90 Å². The zero-order valence-corrected chi connectivity index (χ0v) is 8.69. The highest BCUT2D eigenvalue weighted by Crippen LogP contribution is 2.42. The van der Waals surface area contributed by atoms with E-state index < -0.39 is 17.7 Å². The van der Waals surface area contributed by atoms with Gasteiger partial charge in [0.25, 0.3) is 0 Å². The molecule has 0 radical (unpaired) electrons. The fraction of sp³-hybridized carbons (Fsp3) is 0.900. The molecule has 2 aliphatic rings. The van der Waals surface area contributed by atoms with E-state index in [1.54, 1.807) is 0 Å². The van der Waals surface area contributed by atoms with E-state index in [9.17, 15) is 14.3 Å². The summed E-state index contributed by atoms with van der Waals surface area (Å²) in [6.07, 6.45) is 0.154. The van der Waals surface area contributed by atoms with Gasteiger partial charge in [-0.3, -0.25) is 0 Å². The Morgan fingerprint density at radius 1 is 1.47 bits per heavy atom. The van der Waals surface area contributed by atoms with Crippen LogP contribution in [0, 0.1) is 0 Å². The van der Waals surface area contributed by atoms with Gasteiger partial charge >= 0.3 is 5.97 Å². The number of rotatable bonds is 2. The van der Waals surface area contributed by atoms with Crippen LogP contribution in [0.5, 0.6) is 0 Å². The van der Waals surface area contributed by atoms with Crippen LogP contribution >= 0.6 is 0 Å². The van der Waals surface area contributed by atoms with E-state index in [0.29, 0.717) is 0 Å². The van der Waals surface area contributed by atoms with E-state index in [4.69, 9.17) is 5.11 Å². The smallest absolute Gasteiger partial charge is 0.341 e. The van der Waals surface area contributed by atoms with Crippen LogP contribution < -0.4 is 0 Å². The SMILES string of the molecule is CN1C2CCC1CC(O)(C(F)C(=O)O)C2. The molecule has 2 bridgehead atoms. The predicted octanol–water partition coefficient (Wildman–Crippen LogP) is 0.397. The fourth-order valence-electron chi connectivity index (χ4n) is 2.92. The van der Waals surface area contributed by atoms with Gasteiger partial charge in [0, 0.05) is 12.1 Å². The number of carboxylic acid groups (broad SMARTS) is 1. The molecule has 5 heteroatoms. The number of halogens is 1. The minimum atomic E-state index is -2.16. The van der Waals surface area contributed by atoms with Gasteiger partial charge in [-0.05, 0) is 32.7 Å². The van der Waals surface area contributed by atoms with Crippen molar-refractivity contribution in [3.05, 3.63) is 0 Å². The molecule has 2 saturated heterocycles. The largest absolute Gasteiger partial charge is 0.479 e. The van der Waals surface area contributed by atoms with Crippen molar-refractivity contribution in [2.75, 3.05) is 7.05 Å². The molecule has 86 valence electrons. The standard InChI is InChI=1S/C10H16FNO3/c1-12-6-2-3-7(12)5-10(15,4-6)8(11)9(13)14/h6-8,15H,2-5H2,1H3,(H,13,14). The number of aliphatic hydroxyl groups is 1. The van der Waals surface area contributed by atoms with Crippen LogP contribution in [-0.2, 0) is 4.79 Å². The number of hydrogen-bond donors (Lipinski definition) is 2. The Kier molecular flexibility index (Phi) is 2.47. The van der Waals surface area contributed by atoms with Crippen molar-refractivity contribution in [2.24, 2.45) is 0 Å². The molecule has 0 amide bonds. The first kappa shape index (κ1) is 10.8. The molecule has 0 aromatic carbocycles. The first-order valence-corrected chi connectivity index (χ1v) is 5.25. The zero-order chi connectivity index (χ0) is 11.2. The normalized spacial score (nSPS) is 42.9. The Bertz CT molecular complexity index is 270. The van der Waals surface area contributed by atoms with Crippen LogP contribution in [0.4, 0.5) is 4.39 Å². The summed E-state index contributed by atoms with van der Waals surface area (Å²) < 4.78 is 13.4. The first-order valence-electron chi connectivity index (χ1n) is 5.25. The summed E-state index contributed by atoms with van der Waals surface area (Å²) in [6.45, 7) is 0. The Labute approximate surface area is 87.7 Å². The number of carbonyl (C=O) groups is 1. The predicted molar refractivity (Wildman–Crippen MR) is 51.3 cm³/mol. The third-order valence-corrected chi connectivity index (χ3v) is 3.85. The summed E-state index contributed by atoms with van der Waals surface area (Å²) in [5, 5.41) is 18.6. The monoisotopic (exact) mass is 217 g/mol. The van der Waals surface area contributed by atoms with Gasteiger partial charge in [0.2, 0.25) is 6.17 Å². The lowest BCUT2D eigenvalue weighted by Gasteiger charge is -2.42. The third kappa shape index (κ3) is 1.63. The second kappa shape index (κ2) is 3.42. The molecule has 3 unspecified atom stereocenters.